The third kappa shape index (κ3) is 2.85. The number of nitrogens with zero attached hydrogens (tertiary/aromatic N) is 1. The molecule has 2 rings (SSSR count). The molecule has 2 heterocycles. The van der Waals surface area contributed by atoms with Gasteiger partial charge in [-0.25, -0.2) is 0 Å². The molecule has 0 fully saturated rings. The molecule has 0 atom stereocenters. The average Bonchev–Trinajstić information content (AvgIpc) is 2.66. The average molecular weight is 329 g/mol. The van der Waals surface area contributed by atoms with Crippen LogP contribution in [0.15, 0.2) is 35.8 Å². The van der Waals surface area contributed by atoms with Gasteiger partial charge in [0.25, 0.3) is 0 Å². The fourth-order valence-corrected chi connectivity index (χ4v) is 2.58. The maximum atomic E-state index is 11.8. The standard InChI is InChI=1S/C11H8INOS/c12-11-5-8(7-15-11)10(14)6-9-3-1-2-4-13-9/h1-5,7H,6H2. The van der Waals surface area contributed by atoms with Crippen LogP contribution in [0.3, 0.4) is 0 Å². The SMILES string of the molecule is O=C(Cc1ccccn1)c1csc(I)c1. The molecule has 2 nitrogen and oxygen atoms in total. The normalized spacial score (nSPS) is 10.2. The molecule has 0 saturated heterocycles. The zero-order chi connectivity index (χ0) is 10.7. The van der Waals surface area contributed by atoms with Crippen LogP contribution in [0.4, 0.5) is 0 Å². The molecule has 0 N–H and O–H groups in total. The zero-order valence-electron chi connectivity index (χ0n) is 7.81. The first kappa shape index (κ1) is 10.8. The van der Waals surface area contributed by atoms with Crippen molar-refractivity contribution < 1.29 is 4.79 Å². The molecule has 0 aliphatic heterocycles. The van der Waals surface area contributed by atoms with Gasteiger partial charge in [0.1, 0.15) is 0 Å². The predicted octanol–water partition coefficient (Wildman–Crippen LogP) is 3.17. The van der Waals surface area contributed by atoms with E-state index in [1.807, 2.05) is 29.6 Å². The molecule has 76 valence electrons. The van der Waals surface area contributed by atoms with Crippen molar-refractivity contribution in [2.45, 2.75) is 6.42 Å². The summed E-state index contributed by atoms with van der Waals surface area (Å²) in [6.07, 6.45) is 2.09. The number of ketones is 1. The molecule has 0 bridgehead atoms. The van der Waals surface area contributed by atoms with Crippen LogP contribution < -0.4 is 0 Å². The van der Waals surface area contributed by atoms with Gasteiger partial charge in [0.15, 0.2) is 5.78 Å². The van der Waals surface area contributed by atoms with E-state index in [0.29, 0.717) is 6.42 Å². The van der Waals surface area contributed by atoms with E-state index in [1.54, 1.807) is 17.5 Å². The van der Waals surface area contributed by atoms with Crippen LogP contribution in [0.25, 0.3) is 0 Å². The Bertz CT molecular complexity index is 466. The Morgan fingerprint density at radius 3 is 2.93 bits per heavy atom. The maximum Gasteiger partial charge on any atom is 0.169 e. The number of hydrogen-bond donors (Lipinski definition) is 0. The predicted molar refractivity (Wildman–Crippen MR) is 69.3 cm³/mol. The van der Waals surface area contributed by atoms with E-state index in [9.17, 15) is 4.79 Å². The molecule has 0 radical (unpaired) electrons. The zero-order valence-corrected chi connectivity index (χ0v) is 10.8. The monoisotopic (exact) mass is 329 g/mol. The molecular formula is C11H8INOS. The summed E-state index contributed by atoms with van der Waals surface area (Å²) in [6.45, 7) is 0. The first-order valence-electron chi connectivity index (χ1n) is 4.43. The van der Waals surface area contributed by atoms with Gasteiger partial charge >= 0.3 is 0 Å². The topological polar surface area (TPSA) is 30.0 Å². The molecule has 0 aliphatic rings. The first-order valence-corrected chi connectivity index (χ1v) is 6.38. The van der Waals surface area contributed by atoms with E-state index in [-0.39, 0.29) is 5.78 Å². The summed E-state index contributed by atoms with van der Waals surface area (Å²) in [5.41, 5.74) is 1.61. The number of Topliss-reactive ketones (excluding diaryl/α,β-unsaturated/α-hetero) is 1. The fraction of sp³-hybridized carbons (Fsp3) is 0.0909. The molecule has 2 aromatic rings. The Balaban J connectivity index is 2.11. The third-order valence-electron chi connectivity index (χ3n) is 1.96. The number of carbonyl (C=O) groups excluding carboxylic acids is 1. The number of halogens is 1. The van der Waals surface area contributed by atoms with Gasteiger partial charge in [-0.1, -0.05) is 6.07 Å². The first-order chi connectivity index (χ1) is 7.25. The number of aromatic nitrogens is 1. The highest BCUT2D eigenvalue weighted by molar-refractivity contribution is 14.1. The largest absolute Gasteiger partial charge is 0.294 e. The highest BCUT2D eigenvalue weighted by Crippen LogP contribution is 2.17. The second-order valence-electron chi connectivity index (χ2n) is 3.06. The maximum absolute atomic E-state index is 11.8. The summed E-state index contributed by atoms with van der Waals surface area (Å²) in [6, 6.07) is 7.53. The molecule has 0 spiro atoms. The molecule has 0 unspecified atom stereocenters. The second-order valence-corrected chi connectivity index (χ2v) is 5.87. The van der Waals surface area contributed by atoms with Crippen molar-refractivity contribution in [2.75, 3.05) is 0 Å². The van der Waals surface area contributed by atoms with E-state index in [1.165, 1.54) is 0 Å². The van der Waals surface area contributed by atoms with Gasteiger partial charge in [-0.15, -0.1) is 11.3 Å². The number of thiophene rings is 1. The lowest BCUT2D eigenvalue weighted by Gasteiger charge is -1.97. The molecular weight excluding hydrogens is 321 g/mol. The van der Waals surface area contributed by atoms with E-state index < -0.39 is 0 Å². The van der Waals surface area contributed by atoms with E-state index in [2.05, 4.69) is 27.6 Å². The van der Waals surface area contributed by atoms with Crippen LogP contribution in [0.1, 0.15) is 16.1 Å². The molecule has 0 saturated carbocycles. The van der Waals surface area contributed by atoms with Gasteiger partial charge < -0.3 is 0 Å². The Labute approximate surface area is 106 Å². The van der Waals surface area contributed by atoms with Crippen LogP contribution in [0, 0.1) is 2.88 Å². The van der Waals surface area contributed by atoms with Crippen molar-refractivity contribution in [3.63, 3.8) is 0 Å². The highest BCUT2D eigenvalue weighted by Gasteiger charge is 2.09. The summed E-state index contributed by atoms with van der Waals surface area (Å²) in [4.78, 5) is 15.9. The Morgan fingerprint density at radius 1 is 1.47 bits per heavy atom. The van der Waals surface area contributed by atoms with E-state index >= 15 is 0 Å². The lowest BCUT2D eigenvalue weighted by atomic mass is 10.1. The lowest BCUT2D eigenvalue weighted by Crippen LogP contribution is -2.03. The van der Waals surface area contributed by atoms with Gasteiger partial charge in [0, 0.05) is 22.8 Å². The number of carbonyl (C=O) groups is 1. The Hall–Kier alpha value is -0.750. The summed E-state index contributed by atoms with van der Waals surface area (Å²) in [5.74, 6) is 0.132. The van der Waals surface area contributed by atoms with Gasteiger partial charge in [0.2, 0.25) is 0 Å². The third-order valence-corrected chi connectivity index (χ3v) is 3.75. The van der Waals surface area contributed by atoms with Crippen molar-refractivity contribution >= 4 is 39.7 Å². The van der Waals surface area contributed by atoms with Crippen molar-refractivity contribution in [1.29, 1.82) is 0 Å². The smallest absolute Gasteiger partial charge is 0.169 e. The lowest BCUT2D eigenvalue weighted by molar-refractivity contribution is 0.0992. The summed E-state index contributed by atoms with van der Waals surface area (Å²) < 4.78 is 1.14. The second kappa shape index (κ2) is 4.85. The van der Waals surface area contributed by atoms with Gasteiger partial charge in [-0.3, -0.25) is 9.78 Å². The molecule has 0 aromatic carbocycles. The van der Waals surface area contributed by atoms with E-state index in [4.69, 9.17) is 0 Å². The van der Waals surface area contributed by atoms with Gasteiger partial charge in [-0.2, -0.15) is 0 Å². The van der Waals surface area contributed by atoms with Gasteiger partial charge in [0.05, 0.1) is 9.30 Å². The van der Waals surface area contributed by atoms with Crippen molar-refractivity contribution in [3.8, 4) is 0 Å². The highest BCUT2D eigenvalue weighted by atomic mass is 127. The van der Waals surface area contributed by atoms with Crippen LogP contribution in [-0.4, -0.2) is 10.8 Å². The minimum absolute atomic E-state index is 0.132. The molecule has 2 aromatic heterocycles. The van der Waals surface area contributed by atoms with Crippen molar-refractivity contribution in [1.82, 2.24) is 4.98 Å². The summed E-state index contributed by atoms with van der Waals surface area (Å²) in [7, 11) is 0. The number of hydrogen-bond acceptors (Lipinski definition) is 3. The minimum atomic E-state index is 0.132. The Kier molecular flexibility index (Phi) is 3.48. The van der Waals surface area contributed by atoms with Crippen LogP contribution in [-0.2, 0) is 6.42 Å². The number of pyridine rings is 1. The van der Waals surface area contributed by atoms with Crippen LogP contribution >= 0.6 is 33.9 Å². The quantitative estimate of drug-likeness (QED) is 0.640. The summed E-state index contributed by atoms with van der Waals surface area (Å²) >= 11 is 3.80. The molecule has 0 amide bonds. The molecule has 15 heavy (non-hydrogen) atoms. The van der Waals surface area contributed by atoms with Crippen molar-refractivity contribution in [2.24, 2.45) is 0 Å². The summed E-state index contributed by atoms with van der Waals surface area (Å²) in [5, 5.41) is 1.90. The molecule has 4 heteroatoms. The van der Waals surface area contributed by atoms with E-state index in [0.717, 1.165) is 14.1 Å². The number of rotatable bonds is 3. The van der Waals surface area contributed by atoms with Crippen molar-refractivity contribution in [3.05, 3.63) is 50.0 Å². The Morgan fingerprint density at radius 2 is 2.33 bits per heavy atom. The van der Waals surface area contributed by atoms with Gasteiger partial charge in [-0.05, 0) is 40.8 Å². The van der Waals surface area contributed by atoms with Crippen LogP contribution in [0.2, 0.25) is 0 Å². The molecule has 0 aliphatic carbocycles. The van der Waals surface area contributed by atoms with Crippen LogP contribution in [0.5, 0.6) is 0 Å². The fourth-order valence-electron chi connectivity index (χ4n) is 1.23. The minimum Gasteiger partial charge on any atom is -0.294 e.